The van der Waals surface area contributed by atoms with Crippen molar-refractivity contribution in [2.24, 2.45) is 5.92 Å². The smallest absolute Gasteiger partial charge is 0.237 e. The lowest BCUT2D eigenvalue weighted by molar-refractivity contribution is -0.123. The van der Waals surface area contributed by atoms with Crippen molar-refractivity contribution in [1.29, 1.82) is 0 Å². The fourth-order valence-electron chi connectivity index (χ4n) is 2.54. The van der Waals surface area contributed by atoms with E-state index in [1.54, 1.807) is 0 Å². The zero-order chi connectivity index (χ0) is 13.8. The molecule has 1 fully saturated rings. The number of hydrogen-bond donors (Lipinski definition) is 2. The predicted octanol–water partition coefficient (Wildman–Crippen LogP) is 1.24. The molecule has 0 aromatic heterocycles. The molecule has 1 aliphatic heterocycles. The van der Waals surface area contributed by atoms with E-state index in [-0.39, 0.29) is 11.9 Å². The van der Waals surface area contributed by atoms with Crippen LogP contribution in [0.5, 0.6) is 0 Å². The third kappa shape index (κ3) is 3.58. The molecule has 20 heavy (non-hydrogen) atoms. The first-order valence-corrected chi connectivity index (χ1v) is 7.48. The minimum atomic E-state index is -0.117. The Labute approximate surface area is 119 Å². The number of carbonyl (C=O) groups is 1. The van der Waals surface area contributed by atoms with Crippen LogP contribution >= 0.6 is 0 Å². The van der Waals surface area contributed by atoms with E-state index in [1.165, 1.54) is 24.0 Å². The van der Waals surface area contributed by atoms with E-state index < -0.39 is 0 Å². The first kappa shape index (κ1) is 13.6. The summed E-state index contributed by atoms with van der Waals surface area (Å²) in [5.74, 6) is 0.858. The van der Waals surface area contributed by atoms with Crippen molar-refractivity contribution >= 4 is 5.91 Å². The van der Waals surface area contributed by atoms with E-state index in [0.29, 0.717) is 13.2 Å². The maximum atomic E-state index is 12.1. The average molecular weight is 274 g/mol. The monoisotopic (exact) mass is 274 g/mol. The quantitative estimate of drug-likeness (QED) is 0.768. The van der Waals surface area contributed by atoms with Gasteiger partial charge in [0.1, 0.15) is 0 Å². The molecule has 1 atom stereocenters. The van der Waals surface area contributed by atoms with E-state index in [1.807, 2.05) is 12.1 Å². The summed E-state index contributed by atoms with van der Waals surface area (Å²) in [6, 6.07) is 8.17. The Balaban J connectivity index is 1.39. The van der Waals surface area contributed by atoms with Gasteiger partial charge in [-0.2, -0.15) is 0 Å². The summed E-state index contributed by atoms with van der Waals surface area (Å²) >= 11 is 0. The fraction of sp³-hybridized carbons (Fsp3) is 0.562. The van der Waals surface area contributed by atoms with Crippen LogP contribution in [0.15, 0.2) is 24.3 Å². The van der Waals surface area contributed by atoms with Crippen LogP contribution in [0.2, 0.25) is 0 Å². The van der Waals surface area contributed by atoms with Crippen molar-refractivity contribution in [3.8, 4) is 0 Å². The van der Waals surface area contributed by atoms with Gasteiger partial charge in [-0.25, -0.2) is 0 Å². The fourth-order valence-corrected chi connectivity index (χ4v) is 2.54. The first-order valence-electron chi connectivity index (χ1n) is 7.48. The third-order valence-corrected chi connectivity index (χ3v) is 3.99. The van der Waals surface area contributed by atoms with Crippen LogP contribution in [0.1, 0.15) is 24.0 Å². The summed E-state index contributed by atoms with van der Waals surface area (Å²) in [5, 5.41) is 6.24. The lowest BCUT2D eigenvalue weighted by Gasteiger charge is -2.25. The Morgan fingerprint density at radius 3 is 2.90 bits per heavy atom. The van der Waals surface area contributed by atoms with Gasteiger partial charge in [-0.3, -0.25) is 4.79 Å². The molecule has 0 bridgehead atoms. The molecule has 1 aliphatic carbocycles. The van der Waals surface area contributed by atoms with Crippen molar-refractivity contribution < 1.29 is 9.53 Å². The minimum Gasteiger partial charge on any atom is -0.379 e. The van der Waals surface area contributed by atoms with Gasteiger partial charge in [0.2, 0.25) is 5.91 Å². The Bertz CT molecular complexity index is 471. The van der Waals surface area contributed by atoms with Gasteiger partial charge < -0.3 is 15.4 Å². The number of benzene rings is 1. The molecule has 1 amide bonds. The molecule has 1 unspecified atom stereocenters. The molecule has 0 spiro atoms. The Kier molecular flexibility index (Phi) is 4.33. The molecule has 3 rings (SSSR count). The minimum absolute atomic E-state index is 0.0783. The molecule has 2 N–H and O–H groups in total. The molecule has 1 aromatic carbocycles. The van der Waals surface area contributed by atoms with Gasteiger partial charge in [0.15, 0.2) is 0 Å². The van der Waals surface area contributed by atoms with E-state index in [9.17, 15) is 4.79 Å². The number of fused-ring (bicyclic) bond motifs is 1. The molecule has 108 valence electrons. The van der Waals surface area contributed by atoms with Gasteiger partial charge in [0.05, 0.1) is 12.6 Å². The first-order chi connectivity index (χ1) is 9.83. The van der Waals surface area contributed by atoms with E-state index in [0.717, 1.165) is 25.5 Å². The summed E-state index contributed by atoms with van der Waals surface area (Å²) in [6.07, 6.45) is 3.38. The molecule has 0 saturated heterocycles. The van der Waals surface area contributed by atoms with Crippen molar-refractivity contribution in [2.45, 2.75) is 31.8 Å². The summed E-state index contributed by atoms with van der Waals surface area (Å²) in [6.45, 7) is 2.84. The van der Waals surface area contributed by atoms with Crippen LogP contribution in [-0.4, -0.2) is 31.7 Å². The van der Waals surface area contributed by atoms with Crippen LogP contribution in [0, 0.1) is 5.92 Å². The SMILES string of the molecule is O=C(NCCOCC1CC1)C1Cc2ccccc2CN1. The molecule has 4 heteroatoms. The van der Waals surface area contributed by atoms with Crippen molar-refractivity contribution in [2.75, 3.05) is 19.8 Å². The second-order valence-electron chi connectivity index (χ2n) is 5.72. The van der Waals surface area contributed by atoms with E-state index >= 15 is 0 Å². The van der Waals surface area contributed by atoms with Gasteiger partial charge in [-0.05, 0) is 36.3 Å². The van der Waals surface area contributed by atoms with Crippen LogP contribution in [0.25, 0.3) is 0 Å². The lowest BCUT2D eigenvalue weighted by atomic mass is 9.95. The van der Waals surface area contributed by atoms with Crippen molar-refractivity contribution in [1.82, 2.24) is 10.6 Å². The molecule has 0 radical (unpaired) electrons. The average Bonchev–Trinajstić information content (AvgIpc) is 3.30. The molecule has 1 aromatic rings. The highest BCUT2D eigenvalue weighted by Gasteiger charge is 2.23. The van der Waals surface area contributed by atoms with Gasteiger partial charge in [0, 0.05) is 19.7 Å². The molecule has 2 aliphatic rings. The highest BCUT2D eigenvalue weighted by molar-refractivity contribution is 5.82. The number of ether oxygens (including phenoxy) is 1. The zero-order valence-electron chi connectivity index (χ0n) is 11.7. The van der Waals surface area contributed by atoms with Crippen LogP contribution in [-0.2, 0) is 22.5 Å². The largest absolute Gasteiger partial charge is 0.379 e. The summed E-state index contributed by atoms with van der Waals surface area (Å²) in [7, 11) is 0. The summed E-state index contributed by atoms with van der Waals surface area (Å²) < 4.78 is 5.52. The Morgan fingerprint density at radius 1 is 1.30 bits per heavy atom. The number of carbonyl (C=O) groups excluding carboxylic acids is 1. The topological polar surface area (TPSA) is 50.4 Å². The van der Waals surface area contributed by atoms with Crippen LogP contribution in [0.4, 0.5) is 0 Å². The highest BCUT2D eigenvalue weighted by atomic mass is 16.5. The maximum Gasteiger partial charge on any atom is 0.237 e. The Morgan fingerprint density at radius 2 is 2.10 bits per heavy atom. The number of nitrogens with one attached hydrogen (secondary N) is 2. The third-order valence-electron chi connectivity index (χ3n) is 3.99. The Hall–Kier alpha value is -1.39. The second-order valence-corrected chi connectivity index (χ2v) is 5.72. The number of amides is 1. The lowest BCUT2D eigenvalue weighted by Crippen LogP contribution is -2.48. The van der Waals surface area contributed by atoms with Crippen molar-refractivity contribution in [3.05, 3.63) is 35.4 Å². The second kappa shape index (κ2) is 6.37. The molecular weight excluding hydrogens is 252 g/mol. The molecule has 1 saturated carbocycles. The van der Waals surface area contributed by atoms with Gasteiger partial charge in [0.25, 0.3) is 0 Å². The predicted molar refractivity (Wildman–Crippen MR) is 77.3 cm³/mol. The number of hydrogen-bond acceptors (Lipinski definition) is 3. The van der Waals surface area contributed by atoms with Gasteiger partial charge in [-0.1, -0.05) is 24.3 Å². The van der Waals surface area contributed by atoms with E-state index in [2.05, 4.69) is 22.8 Å². The zero-order valence-corrected chi connectivity index (χ0v) is 11.7. The van der Waals surface area contributed by atoms with Crippen LogP contribution < -0.4 is 10.6 Å². The highest BCUT2D eigenvalue weighted by Crippen LogP contribution is 2.28. The molecule has 1 heterocycles. The number of rotatable bonds is 6. The van der Waals surface area contributed by atoms with Crippen LogP contribution in [0.3, 0.4) is 0 Å². The normalized spacial score (nSPS) is 21.3. The van der Waals surface area contributed by atoms with E-state index in [4.69, 9.17) is 4.74 Å². The summed E-state index contributed by atoms with van der Waals surface area (Å²) in [5.41, 5.74) is 2.57. The molecule has 4 nitrogen and oxygen atoms in total. The van der Waals surface area contributed by atoms with Gasteiger partial charge in [-0.15, -0.1) is 0 Å². The van der Waals surface area contributed by atoms with Crippen molar-refractivity contribution in [3.63, 3.8) is 0 Å². The molecular formula is C16H22N2O2. The standard InChI is InChI=1S/C16H22N2O2/c19-16(17-7-8-20-11-12-5-6-12)15-9-13-3-1-2-4-14(13)10-18-15/h1-4,12,15,18H,5-11H2,(H,17,19). The maximum absolute atomic E-state index is 12.1. The van der Waals surface area contributed by atoms with Gasteiger partial charge >= 0.3 is 0 Å². The summed E-state index contributed by atoms with van der Waals surface area (Å²) in [4.78, 5) is 12.1.